The molecular formula is C13H19BO2. The van der Waals surface area contributed by atoms with Crippen LogP contribution in [0.3, 0.4) is 0 Å². The first-order valence-electron chi connectivity index (χ1n) is 6.17. The van der Waals surface area contributed by atoms with Gasteiger partial charge in [0, 0.05) is 0 Å². The van der Waals surface area contributed by atoms with Gasteiger partial charge in [-0.1, -0.05) is 20.4 Å². The monoisotopic (exact) mass is 218 g/mol. The summed E-state index contributed by atoms with van der Waals surface area (Å²) in [5, 5.41) is 0. The van der Waals surface area contributed by atoms with Gasteiger partial charge >= 0.3 is 7.12 Å². The Bertz CT molecular complexity index is 372. The van der Waals surface area contributed by atoms with Crippen molar-refractivity contribution in [1.82, 2.24) is 0 Å². The smallest absolute Gasteiger partial charge is 0.401 e. The normalized spacial score (nSPS) is 47.9. The molecule has 3 aliphatic carbocycles. The molecule has 4 atom stereocenters. The summed E-state index contributed by atoms with van der Waals surface area (Å²) in [5.74, 6) is 3.23. The van der Waals surface area contributed by atoms with Crippen LogP contribution in [0.25, 0.3) is 0 Å². The molecule has 0 amide bonds. The van der Waals surface area contributed by atoms with Gasteiger partial charge in [0.25, 0.3) is 0 Å². The van der Waals surface area contributed by atoms with E-state index < -0.39 is 0 Å². The Balaban J connectivity index is 1.89. The quantitative estimate of drug-likeness (QED) is 0.497. The first kappa shape index (κ1) is 10.6. The van der Waals surface area contributed by atoms with Crippen molar-refractivity contribution in [3.8, 4) is 0 Å². The first-order chi connectivity index (χ1) is 7.48. The topological polar surface area (TPSA) is 18.5 Å². The molecule has 16 heavy (non-hydrogen) atoms. The lowest BCUT2D eigenvalue weighted by molar-refractivity contribution is -0.199. The molecular weight excluding hydrogens is 199 g/mol. The van der Waals surface area contributed by atoms with Gasteiger partial charge in [0.05, 0.1) is 11.7 Å². The second-order valence-electron chi connectivity index (χ2n) is 6.21. The van der Waals surface area contributed by atoms with E-state index >= 15 is 0 Å². The molecule has 3 saturated carbocycles. The molecule has 0 spiro atoms. The van der Waals surface area contributed by atoms with Crippen molar-refractivity contribution in [3.63, 3.8) is 0 Å². The van der Waals surface area contributed by atoms with Crippen LogP contribution < -0.4 is 0 Å². The lowest BCUT2D eigenvalue weighted by Crippen LogP contribution is -2.65. The van der Waals surface area contributed by atoms with Crippen LogP contribution in [0, 0.1) is 17.3 Å². The minimum Gasteiger partial charge on any atom is -0.401 e. The third kappa shape index (κ3) is 1.12. The molecule has 86 valence electrons. The summed E-state index contributed by atoms with van der Waals surface area (Å²) in [5.41, 5.74) is 3.08. The molecule has 4 aliphatic rings. The summed E-state index contributed by atoms with van der Waals surface area (Å²) in [6.45, 7) is 10.5. The molecule has 4 fully saturated rings. The van der Waals surface area contributed by atoms with Gasteiger partial charge in [-0.2, -0.15) is 0 Å². The van der Waals surface area contributed by atoms with Crippen LogP contribution in [0.4, 0.5) is 0 Å². The van der Waals surface area contributed by atoms with Gasteiger partial charge in [0.15, 0.2) is 0 Å². The molecule has 4 rings (SSSR count). The average molecular weight is 218 g/mol. The van der Waals surface area contributed by atoms with Crippen molar-refractivity contribution in [2.24, 2.45) is 17.3 Å². The van der Waals surface area contributed by atoms with E-state index in [0.717, 1.165) is 12.3 Å². The fourth-order valence-corrected chi connectivity index (χ4v) is 4.06. The summed E-state index contributed by atoms with van der Waals surface area (Å²) >= 11 is 0. The molecule has 1 aliphatic heterocycles. The number of hydrogen-bond donors (Lipinski definition) is 0. The summed E-state index contributed by atoms with van der Waals surface area (Å²) in [4.78, 5) is 0. The van der Waals surface area contributed by atoms with E-state index in [1.165, 1.54) is 6.42 Å². The van der Waals surface area contributed by atoms with Gasteiger partial charge in [0.1, 0.15) is 0 Å². The lowest BCUT2D eigenvalue weighted by Gasteiger charge is -2.64. The summed E-state index contributed by atoms with van der Waals surface area (Å²) < 4.78 is 12.0. The molecule has 0 aromatic carbocycles. The summed E-state index contributed by atoms with van der Waals surface area (Å²) in [6.07, 6.45) is 2.70. The van der Waals surface area contributed by atoms with Crippen LogP contribution in [0.15, 0.2) is 18.3 Å². The molecule has 1 saturated heterocycles. The minimum atomic E-state index is -0.234. The van der Waals surface area contributed by atoms with Crippen LogP contribution >= 0.6 is 0 Å². The Morgan fingerprint density at radius 1 is 1.38 bits per heavy atom. The highest BCUT2D eigenvalue weighted by Gasteiger charge is 2.67. The molecule has 0 radical (unpaired) electrons. The zero-order valence-electron chi connectivity index (χ0n) is 10.3. The van der Waals surface area contributed by atoms with Crippen LogP contribution in [0.5, 0.6) is 0 Å². The van der Waals surface area contributed by atoms with Crippen molar-refractivity contribution < 1.29 is 9.31 Å². The fraction of sp³-hybridized carbons (Fsp3) is 0.769. The van der Waals surface area contributed by atoms with Gasteiger partial charge in [-0.3, -0.25) is 0 Å². The molecule has 0 unspecified atom stereocenters. The molecule has 0 aromatic heterocycles. The maximum atomic E-state index is 6.10. The van der Waals surface area contributed by atoms with Crippen molar-refractivity contribution in [1.29, 1.82) is 0 Å². The number of hydrogen-bond acceptors (Lipinski definition) is 2. The van der Waals surface area contributed by atoms with Crippen LogP contribution in [0.1, 0.15) is 33.6 Å². The molecule has 2 nitrogen and oxygen atoms in total. The van der Waals surface area contributed by atoms with E-state index in [1.807, 2.05) is 0 Å². The second kappa shape index (κ2) is 3.04. The van der Waals surface area contributed by atoms with Gasteiger partial charge in [-0.05, 0) is 43.0 Å². The third-order valence-corrected chi connectivity index (χ3v) is 5.22. The van der Waals surface area contributed by atoms with E-state index in [1.54, 1.807) is 5.98 Å². The standard InChI is InChI=1S/C13H19BO2/c1-5-6-14-15-11-8-9-7-10(12(9,2)3)13(11,4)16-14/h6,9-11H,1,7-8H2,2-4H3/t9-,10-,11+,13-/m0/s1. The highest BCUT2D eigenvalue weighted by molar-refractivity contribution is 6.51. The Hall–Kier alpha value is -0.495. The van der Waals surface area contributed by atoms with Crippen molar-refractivity contribution in [2.75, 3.05) is 0 Å². The second-order valence-corrected chi connectivity index (χ2v) is 6.21. The number of rotatable bonds is 1. The summed E-state index contributed by atoms with van der Waals surface area (Å²) in [6, 6.07) is 0. The maximum Gasteiger partial charge on any atom is 0.495 e. The highest BCUT2D eigenvalue weighted by Crippen LogP contribution is 2.65. The minimum absolute atomic E-state index is 0.101. The van der Waals surface area contributed by atoms with Crippen LogP contribution in [0.2, 0.25) is 0 Å². The van der Waals surface area contributed by atoms with Gasteiger partial charge in [-0.25, -0.2) is 0 Å². The Labute approximate surface area is 97.8 Å². The molecule has 0 aromatic rings. The SMILES string of the molecule is C=C=CB1O[C@@H]2C[C@@H]3C[C@@H](C3(C)C)[C@]2(C)O1. The molecule has 2 bridgehead atoms. The largest absolute Gasteiger partial charge is 0.495 e. The lowest BCUT2D eigenvalue weighted by atomic mass is 9.43. The Morgan fingerprint density at radius 2 is 2.12 bits per heavy atom. The average Bonchev–Trinajstić information content (AvgIpc) is 2.53. The van der Waals surface area contributed by atoms with Gasteiger partial charge < -0.3 is 9.31 Å². The van der Waals surface area contributed by atoms with Crippen molar-refractivity contribution >= 4 is 7.12 Å². The van der Waals surface area contributed by atoms with Gasteiger partial charge in [-0.15, -0.1) is 5.73 Å². The maximum absolute atomic E-state index is 6.10. The Kier molecular flexibility index (Phi) is 2.02. The van der Waals surface area contributed by atoms with Crippen LogP contribution in [-0.4, -0.2) is 18.8 Å². The molecule has 1 heterocycles. The van der Waals surface area contributed by atoms with Gasteiger partial charge in [0.2, 0.25) is 0 Å². The van der Waals surface area contributed by atoms with E-state index in [2.05, 4.69) is 33.1 Å². The Morgan fingerprint density at radius 3 is 2.75 bits per heavy atom. The fourth-order valence-electron chi connectivity index (χ4n) is 4.06. The van der Waals surface area contributed by atoms with Crippen LogP contribution in [-0.2, 0) is 9.31 Å². The third-order valence-electron chi connectivity index (χ3n) is 5.22. The highest BCUT2D eigenvalue weighted by atomic mass is 16.7. The van der Waals surface area contributed by atoms with E-state index in [0.29, 0.717) is 11.3 Å². The van der Waals surface area contributed by atoms with E-state index in [-0.39, 0.29) is 18.8 Å². The van der Waals surface area contributed by atoms with E-state index in [4.69, 9.17) is 9.31 Å². The zero-order chi connectivity index (χ0) is 11.6. The molecule has 3 heteroatoms. The van der Waals surface area contributed by atoms with E-state index in [9.17, 15) is 0 Å². The molecule has 0 N–H and O–H groups in total. The predicted molar refractivity (Wildman–Crippen MR) is 63.8 cm³/mol. The first-order valence-corrected chi connectivity index (χ1v) is 6.17. The predicted octanol–water partition coefficient (Wildman–Crippen LogP) is 2.60. The summed E-state index contributed by atoms with van der Waals surface area (Å²) in [7, 11) is -0.234. The van der Waals surface area contributed by atoms with Crippen molar-refractivity contribution in [3.05, 3.63) is 18.3 Å². The van der Waals surface area contributed by atoms with Crippen molar-refractivity contribution in [2.45, 2.75) is 45.3 Å². The zero-order valence-corrected chi connectivity index (χ0v) is 10.3.